The summed E-state index contributed by atoms with van der Waals surface area (Å²) in [5.74, 6) is 0. The van der Waals surface area contributed by atoms with E-state index in [4.69, 9.17) is 16.4 Å². The zero-order valence-electron chi connectivity index (χ0n) is 6.52. The molecule has 0 heterocycles. The van der Waals surface area contributed by atoms with Crippen molar-refractivity contribution in [3.8, 4) is 6.07 Å². The zero-order chi connectivity index (χ0) is 8.48. The minimum Gasteiger partial charge on any atom is -0.400 e. The van der Waals surface area contributed by atoms with E-state index in [-0.39, 0.29) is 5.41 Å². The topological polar surface area (TPSA) is 73.7 Å². The predicted molar refractivity (Wildman–Crippen MR) is 43.0 cm³/mol. The van der Waals surface area contributed by atoms with Crippen molar-refractivity contribution < 1.29 is 0 Å². The molecule has 0 saturated heterocycles. The third kappa shape index (κ3) is 1.25. The van der Waals surface area contributed by atoms with E-state index < -0.39 is 0 Å². The Balaban J connectivity index is 2.95. The van der Waals surface area contributed by atoms with Crippen molar-refractivity contribution >= 4 is 6.21 Å². The number of hydrogen-bond acceptors (Lipinski definition) is 3. The zero-order valence-corrected chi connectivity index (χ0v) is 6.52. The number of allylic oxidation sites excluding steroid dienone is 2. The summed E-state index contributed by atoms with van der Waals surface area (Å²) in [5, 5.41) is 15.5. The molecule has 3 heteroatoms. The van der Waals surface area contributed by atoms with Crippen LogP contribution in [0.3, 0.4) is 0 Å². The summed E-state index contributed by atoms with van der Waals surface area (Å²) in [6.07, 6.45) is 3.11. The molecule has 1 saturated carbocycles. The van der Waals surface area contributed by atoms with Crippen LogP contribution >= 0.6 is 0 Å². The van der Waals surface area contributed by atoms with Crippen LogP contribution in [0.1, 0.15) is 19.8 Å². The Morgan fingerprint density at radius 3 is 2.55 bits per heavy atom. The summed E-state index contributed by atoms with van der Waals surface area (Å²) < 4.78 is 0. The Kier molecular flexibility index (Phi) is 1.69. The summed E-state index contributed by atoms with van der Waals surface area (Å²) in [6, 6.07) is 1.91. The molecule has 0 amide bonds. The van der Waals surface area contributed by atoms with Crippen LogP contribution in [0.15, 0.2) is 11.3 Å². The van der Waals surface area contributed by atoms with Crippen molar-refractivity contribution in [1.82, 2.24) is 0 Å². The molecule has 58 valence electrons. The maximum Gasteiger partial charge on any atom is 0.103 e. The first-order chi connectivity index (χ1) is 5.14. The Morgan fingerprint density at radius 1 is 1.73 bits per heavy atom. The van der Waals surface area contributed by atoms with Gasteiger partial charge in [0.15, 0.2) is 0 Å². The quantitative estimate of drug-likeness (QED) is 0.457. The van der Waals surface area contributed by atoms with Crippen LogP contribution in [-0.2, 0) is 0 Å². The normalized spacial score (nSPS) is 21.5. The SMILES string of the molecule is CC1(/C(N)=C(\C#N)C=N)CC1. The highest BCUT2D eigenvalue weighted by atomic mass is 14.7. The monoisotopic (exact) mass is 149 g/mol. The minimum atomic E-state index is 0.0165. The second-order valence-electron chi connectivity index (χ2n) is 3.14. The Morgan fingerprint density at radius 2 is 2.27 bits per heavy atom. The van der Waals surface area contributed by atoms with Crippen molar-refractivity contribution in [3.05, 3.63) is 11.3 Å². The molecule has 0 aliphatic heterocycles. The Bertz CT molecular complexity index is 253. The molecular weight excluding hydrogens is 138 g/mol. The molecule has 0 aromatic rings. The number of hydrogen-bond donors (Lipinski definition) is 2. The summed E-state index contributed by atoms with van der Waals surface area (Å²) in [4.78, 5) is 0. The molecule has 0 radical (unpaired) electrons. The van der Waals surface area contributed by atoms with E-state index in [9.17, 15) is 0 Å². The number of nitrogens with one attached hydrogen (secondary N) is 1. The van der Waals surface area contributed by atoms with Gasteiger partial charge in [-0.05, 0) is 12.8 Å². The van der Waals surface area contributed by atoms with Crippen LogP contribution in [0.25, 0.3) is 0 Å². The molecule has 1 rings (SSSR count). The lowest BCUT2D eigenvalue weighted by Crippen LogP contribution is -2.12. The molecule has 1 fully saturated rings. The summed E-state index contributed by atoms with van der Waals surface area (Å²) in [6.45, 7) is 2.02. The van der Waals surface area contributed by atoms with Gasteiger partial charge in [0.2, 0.25) is 0 Å². The molecular formula is C8H11N3. The Hall–Kier alpha value is -1.30. The average molecular weight is 149 g/mol. The van der Waals surface area contributed by atoms with Crippen LogP contribution in [-0.4, -0.2) is 6.21 Å². The molecule has 0 spiro atoms. The van der Waals surface area contributed by atoms with Gasteiger partial charge in [-0.3, -0.25) is 0 Å². The molecule has 1 aliphatic carbocycles. The molecule has 3 N–H and O–H groups in total. The maximum atomic E-state index is 8.55. The molecule has 0 atom stereocenters. The predicted octanol–water partition coefficient (Wildman–Crippen LogP) is 1.17. The first-order valence-electron chi connectivity index (χ1n) is 3.55. The summed E-state index contributed by atoms with van der Waals surface area (Å²) in [7, 11) is 0. The van der Waals surface area contributed by atoms with Crippen LogP contribution in [0.5, 0.6) is 0 Å². The molecule has 0 unspecified atom stereocenters. The third-order valence-corrected chi connectivity index (χ3v) is 2.21. The fourth-order valence-corrected chi connectivity index (χ4v) is 0.952. The number of rotatable bonds is 2. The van der Waals surface area contributed by atoms with E-state index in [0.29, 0.717) is 11.3 Å². The van der Waals surface area contributed by atoms with Gasteiger partial charge >= 0.3 is 0 Å². The number of nitrogens with two attached hydrogens (primary N) is 1. The van der Waals surface area contributed by atoms with Gasteiger partial charge in [-0.15, -0.1) is 0 Å². The van der Waals surface area contributed by atoms with E-state index in [1.165, 1.54) is 0 Å². The van der Waals surface area contributed by atoms with E-state index in [2.05, 4.69) is 0 Å². The van der Waals surface area contributed by atoms with Gasteiger partial charge in [0.25, 0.3) is 0 Å². The smallest absolute Gasteiger partial charge is 0.103 e. The van der Waals surface area contributed by atoms with Crippen LogP contribution < -0.4 is 5.73 Å². The van der Waals surface area contributed by atoms with E-state index >= 15 is 0 Å². The lowest BCUT2D eigenvalue weighted by Gasteiger charge is -2.08. The largest absolute Gasteiger partial charge is 0.400 e. The van der Waals surface area contributed by atoms with Crippen LogP contribution in [0, 0.1) is 22.2 Å². The van der Waals surface area contributed by atoms with Crippen molar-refractivity contribution in [1.29, 1.82) is 10.7 Å². The molecule has 1 aliphatic rings. The van der Waals surface area contributed by atoms with Crippen molar-refractivity contribution in [3.63, 3.8) is 0 Å². The van der Waals surface area contributed by atoms with E-state index in [1.807, 2.05) is 13.0 Å². The van der Waals surface area contributed by atoms with Crippen molar-refractivity contribution in [2.24, 2.45) is 11.1 Å². The molecule has 0 bridgehead atoms. The van der Waals surface area contributed by atoms with E-state index in [0.717, 1.165) is 19.1 Å². The second kappa shape index (κ2) is 2.39. The maximum absolute atomic E-state index is 8.55. The highest BCUT2D eigenvalue weighted by Crippen LogP contribution is 2.49. The van der Waals surface area contributed by atoms with Crippen LogP contribution in [0.2, 0.25) is 0 Å². The molecule has 0 aromatic carbocycles. The number of nitrogens with zero attached hydrogens (tertiary/aromatic N) is 1. The van der Waals surface area contributed by atoms with Gasteiger partial charge in [-0.25, -0.2) is 0 Å². The van der Waals surface area contributed by atoms with Gasteiger partial charge in [-0.1, -0.05) is 6.92 Å². The Labute approximate surface area is 66.0 Å². The minimum absolute atomic E-state index is 0.0165. The molecule has 11 heavy (non-hydrogen) atoms. The summed E-state index contributed by atoms with van der Waals surface area (Å²) in [5.41, 5.74) is 6.59. The highest BCUT2D eigenvalue weighted by molar-refractivity contribution is 5.82. The van der Waals surface area contributed by atoms with Gasteiger partial charge in [0, 0.05) is 17.3 Å². The fraction of sp³-hybridized carbons (Fsp3) is 0.500. The van der Waals surface area contributed by atoms with Gasteiger partial charge < -0.3 is 11.1 Å². The van der Waals surface area contributed by atoms with Gasteiger partial charge in [0.05, 0.1) is 5.57 Å². The van der Waals surface area contributed by atoms with Crippen molar-refractivity contribution in [2.45, 2.75) is 19.8 Å². The lowest BCUT2D eigenvalue weighted by molar-refractivity contribution is 0.676. The first kappa shape index (κ1) is 7.80. The van der Waals surface area contributed by atoms with Gasteiger partial charge in [-0.2, -0.15) is 5.26 Å². The molecule has 0 aromatic heterocycles. The van der Waals surface area contributed by atoms with Gasteiger partial charge in [0.1, 0.15) is 6.07 Å². The molecule has 3 nitrogen and oxygen atoms in total. The average Bonchev–Trinajstić information content (AvgIpc) is 2.72. The highest BCUT2D eigenvalue weighted by Gasteiger charge is 2.41. The summed E-state index contributed by atoms with van der Waals surface area (Å²) >= 11 is 0. The number of nitriles is 1. The second-order valence-corrected chi connectivity index (χ2v) is 3.14. The fourth-order valence-electron chi connectivity index (χ4n) is 0.952. The van der Waals surface area contributed by atoms with Crippen molar-refractivity contribution in [2.75, 3.05) is 0 Å². The first-order valence-corrected chi connectivity index (χ1v) is 3.55. The van der Waals surface area contributed by atoms with E-state index in [1.54, 1.807) is 0 Å². The van der Waals surface area contributed by atoms with Crippen LogP contribution in [0.4, 0.5) is 0 Å². The lowest BCUT2D eigenvalue weighted by atomic mass is 10.0. The third-order valence-electron chi connectivity index (χ3n) is 2.21. The standard InChI is InChI=1S/C8H11N3/c1-8(2-3-8)7(11)6(4-9)5-10/h4,9H,2-3,11H2,1H3/b7-6+,9-4?.